The largest absolute Gasteiger partial charge is 0.452 e. The molecule has 0 saturated heterocycles. The van der Waals surface area contributed by atoms with Gasteiger partial charge >= 0.3 is 0 Å². The molecule has 1 aliphatic heterocycles. The molecule has 0 amide bonds. The van der Waals surface area contributed by atoms with Crippen LogP contribution in [0.15, 0.2) is 52.9 Å². The fourth-order valence-corrected chi connectivity index (χ4v) is 5.51. The molecule has 0 radical (unpaired) electrons. The van der Waals surface area contributed by atoms with Crippen molar-refractivity contribution < 1.29 is 14.9 Å². The Morgan fingerprint density at radius 1 is 1.25 bits per heavy atom. The van der Waals surface area contributed by atoms with E-state index < -0.39 is 12.7 Å². The third-order valence-corrected chi connectivity index (χ3v) is 7.45. The molecule has 0 fully saturated rings. The van der Waals surface area contributed by atoms with Crippen LogP contribution in [0.3, 0.4) is 0 Å². The van der Waals surface area contributed by atoms with Gasteiger partial charge in [-0.05, 0) is 37.8 Å². The highest BCUT2D eigenvalue weighted by molar-refractivity contribution is 14.2. The summed E-state index contributed by atoms with van der Waals surface area (Å²) in [6.45, 7) is 1.59. The molecular formula is C22H22IN5O3S. The first kappa shape index (κ1) is 22.6. The third-order valence-electron chi connectivity index (χ3n) is 4.49. The minimum atomic E-state index is -1.12. The van der Waals surface area contributed by atoms with Crippen molar-refractivity contribution in [2.75, 3.05) is 11.9 Å². The van der Waals surface area contributed by atoms with Crippen molar-refractivity contribution in [3.8, 4) is 11.5 Å². The van der Waals surface area contributed by atoms with Crippen LogP contribution in [-0.4, -0.2) is 39.7 Å². The van der Waals surface area contributed by atoms with Gasteiger partial charge in [0, 0.05) is 30.3 Å². The lowest BCUT2D eigenvalue weighted by Gasteiger charge is -2.14. The number of aryl methyl sites for hydroxylation is 1. The number of nitrogens with one attached hydrogen (secondary N) is 1. The number of aliphatic hydroxyl groups excluding tert-OH is 2. The molecule has 3 N–H and O–H groups in total. The average molecular weight is 563 g/mol. The molecule has 0 aliphatic carbocycles. The number of anilines is 2. The molecule has 3 aromatic rings. The Labute approximate surface area is 199 Å². The van der Waals surface area contributed by atoms with E-state index in [0.29, 0.717) is 22.4 Å². The highest BCUT2D eigenvalue weighted by Crippen LogP contribution is 2.33. The Morgan fingerprint density at radius 2 is 2.16 bits per heavy atom. The first-order valence-electron chi connectivity index (χ1n) is 9.99. The van der Waals surface area contributed by atoms with Crippen LogP contribution in [-0.2, 0) is 12.8 Å². The lowest BCUT2D eigenvalue weighted by molar-refractivity contribution is 0.0897. The Bertz CT molecular complexity index is 1180. The van der Waals surface area contributed by atoms with Crippen LogP contribution < -0.4 is 10.1 Å². The van der Waals surface area contributed by atoms with E-state index in [9.17, 15) is 5.11 Å². The van der Waals surface area contributed by atoms with Gasteiger partial charge in [0.2, 0.25) is 5.13 Å². The normalized spacial score (nSPS) is 13.9. The maximum atomic E-state index is 9.75. The predicted molar refractivity (Wildman–Crippen MR) is 134 cm³/mol. The first-order valence-corrected chi connectivity index (χ1v) is 13.1. The summed E-state index contributed by atoms with van der Waals surface area (Å²) in [6, 6.07) is 5.71. The summed E-state index contributed by atoms with van der Waals surface area (Å²) in [5.74, 6) is 1.88. The Morgan fingerprint density at radius 3 is 2.94 bits per heavy atom. The van der Waals surface area contributed by atoms with Crippen molar-refractivity contribution in [3.05, 3.63) is 70.0 Å². The number of hydrogen-bond acceptors (Lipinski definition) is 9. The SMILES string of the molecule is CCc1ncccc1Oc1cc(CC2=IC=CC=C2)cnc1Nc1nc([C@H](O)CO)ns1. The van der Waals surface area contributed by atoms with E-state index in [2.05, 4.69) is 47.0 Å². The van der Waals surface area contributed by atoms with Gasteiger partial charge in [0.05, 0.1) is 12.3 Å². The molecule has 1 atom stereocenters. The van der Waals surface area contributed by atoms with Gasteiger partial charge in [-0.25, -0.2) is 9.97 Å². The molecule has 1 aliphatic rings. The molecule has 8 nitrogen and oxygen atoms in total. The van der Waals surface area contributed by atoms with Crippen LogP contribution in [0.4, 0.5) is 10.9 Å². The summed E-state index contributed by atoms with van der Waals surface area (Å²) in [7, 11) is 0. The number of aliphatic hydroxyl groups is 2. The minimum Gasteiger partial charge on any atom is -0.452 e. The van der Waals surface area contributed by atoms with Crippen LogP contribution >= 0.6 is 32.3 Å². The van der Waals surface area contributed by atoms with E-state index in [4.69, 9.17) is 9.84 Å². The minimum absolute atomic E-state index is 0.104. The van der Waals surface area contributed by atoms with Gasteiger partial charge in [0.1, 0.15) is 11.9 Å². The van der Waals surface area contributed by atoms with Crippen molar-refractivity contribution in [2.45, 2.75) is 25.9 Å². The third kappa shape index (κ3) is 5.63. The van der Waals surface area contributed by atoms with Crippen molar-refractivity contribution in [1.29, 1.82) is 0 Å². The van der Waals surface area contributed by atoms with Crippen molar-refractivity contribution >= 4 is 46.7 Å². The van der Waals surface area contributed by atoms with Crippen LogP contribution in [0, 0.1) is 0 Å². The summed E-state index contributed by atoms with van der Waals surface area (Å²) in [6.07, 6.45) is 10.3. The second-order valence-electron chi connectivity index (χ2n) is 6.79. The van der Waals surface area contributed by atoms with E-state index in [1.165, 1.54) is 3.51 Å². The van der Waals surface area contributed by atoms with Gasteiger partial charge in [0.15, 0.2) is 17.4 Å². The summed E-state index contributed by atoms with van der Waals surface area (Å²) in [4.78, 5) is 13.2. The zero-order valence-corrected chi connectivity index (χ0v) is 20.2. The topological polar surface area (TPSA) is 113 Å². The van der Waals surface area contributed by atoms with Gasteiger partial charge in [-0.15, -0.1) is 0 Å². The monoisotopic (exact) mass is 563 g/mol. The molecule has 3 aromatic heterocycles. The number of rotatable bonds is 9. The second-order valence-corrected chi connectivity index (χ2v) is 10.3. The van der Waals surface area contributed by atoms with Crippen molar-refractivity contribution in [1.82, 2.24) is 19.3 Å². The number of hydrogen-bond donors (Lipinski definition) is 3. The predicted octanol–water partition coefficient (Wildman–Crippen LogP) is 4.22. The van der Waals surface area contributed by atoms with E-state index in [1.807, 2.05) is 31.3 Å². The first-order chi connectivity index (χ1) is 15.7. The molecule has 0 spiro atoms. The molecule has 0 bridgehead atoms. The Hall–Kier alpha value is -2.54. The zero-order chi connectivity index (χ0) is 22.3. The molecule has 4 heterocycles. The number of halogens is 1. The highest BCUT2D eigenvalue weighted by atomic mass is 127. The van der Waals surface area contributed by atoms with E-state index in [-0.39, 0.29) is 26.6 Å². The van der Waals surface area contributed by atoms with Gasteiger partial charge in [-0.2, -0.15) is 4.37 Å². The maximum absolute atomic E-state index is 9.75. The Kier molecular flexibility index (Phi) is 7.68. The maximum Gasteiger partial charge on any atom is 0.208 e. The molecule has 10 heteroatoms. The van der Waals surface area contributed by atoms with E-state index in [1.54, 1.807) is 6.20 Å². The zero-order valence-electron chi connectivity index (χ0n) is 17.3. The number of nitrogens with zero attached hydrogens (tertiary/aromatic N) is 4. The lowest BCUT2D eigenvalue weighted by Crippen LogP contribution is -2.05. The second kappa shape index (κ2) is 10.9. The van der Waals surface area contributed by atoms with Crippen LogP contribution in [0.25, 0.3) is 0 Å². The number of pyridine rings is 2. The molecule has 0 saturated carbocycles. The molecule has 0 unspecified atom stereocenters. The van der Waals surface area contributed by atoms with Crippen molar-refractivity contribution in [3.63, 3.8) is 0 Å². The van der Waals surface area contributed by atoms with Crippen LogP contribution in [0.2, 0.25) is 0 Å². The number of allylic oxidation sites excluding steroid dienone is 3. The summed E-state index contributed by atoms with van der Waals surface area (Å²) in [5, 5.41) is 22.4. The van der Waals surface area contributed by atoms with Gasteiger partial charge < -0.3 is 20.3 Å². The lowest BCUT2D eigenvalue weighted by atomic mass is 10.1. The van der Waals surface area contributed by atoms with Gasteiger partial charge in [-0.1, -0.05) is 45.9 Å². The van der Waals surface area contributed by atoms with Crippen LogP contribution in [0.5, 0.6) is 11.5 Å². The fourth-order valence-electron chi connectivity index (χ4n) is 2.91. The summed E-state index contributed by atoms with van der Waals surface area (Å²) < 4.78 is 14.0. The van der Waals surface area contributed by atoms with Crippen LogP contribution in [0.1, 0.15) is 30.1 Å². The van der Waals surface area contributed by atoms with E-state index >= 15 is 0 Å². The fraction of sp³-hybridized carbons (Fsp3) is 0.227. The Balaban J connectivity index is 1.64. The van der Waals surface area contributed by atoms with Gasteiger partial charge in [0.25, 0.3) is 0 Å². The molecule has 166 valence electrons. The number of ether oxygens (including phenoxy) is 1. The molecular weight excluding hydrogens is 541 g/mol. The molecule has 0 aromatic carbocycles. The average Bonchev–Trinajstić information content (AvgIpc) is 3.30. The quantitative estimate of drug-likeness (QED) is 0.332. The standard InChI is InChI=1S/C22H22IN5O3S/c1-2-16-18(7-5-9-24-16)31-19-11-14(10-15-6-3-4-8-23-15)12-25-21(19)27-22-26-20(28-32-22)17(30)13-29/h3-9,11-12,17,29-30H,2,10,13H2,1H3,(H,25,26,27,28)/t17-/m1/s1. The molecule has 4 rings (SSSR count). The highest BCUT2D eigenvalue weighted by Gasteiger charge is 2.16. The van der Waals surface area contributed by atoms with Gasteiger partial charge in [-0.3, -0.25) is 4.98 Å². The van der Waals surface area contributed by atoms with E-state index in [0.717, 1.165) is 35.6 Å². The molecule has 32 heavy (non-hydrogen) atoms. The van der Waals surface area contributed by atoms with Crippen molar-refractivity contribution in [2.24, 2.45) is 0 Å². The number of aromatic nitrogens is 4. The summed E-state index contributed by atoms with van der Waals surface area (Å²) >= 11 is 0.972. The smallest absolute Gasteiger partial charge is 0.208 e. The summed E-state index contributed by atoms with van der Waals surface area (Å²) in [5.41, 5.74) is 1.91.